The molecule has 0 spiro atoms. The molecule has 0 fully saturated rings. The highest BCUT2D eigenvalue weighted by atomic mass is 19.1. The summed E-state index contributed by atoms with van der Waals surface area (Å²) in [7, 11) is 0. The number of rotatable bonds is 3. The summed E-state index contributed by atoms with van der Waals surface area (Å²) in [6.07, 6.45) is 4.59. The molecule has 2 aliphatic carbocycles. The Morgan fingerprint density at radius 2 is 1.38 bits per heavy atom. The van der Waals surface area contributed by atoms with Crippen molar-refractivity contribution >= 4 is 0 Å². The van der Waals surface area contributed by atoms with Gasteiger partial charge in [-0.15, -0.1) is 0 Å². The molecule has 2 aromatic rings. The van der Waals surface area contributed by atoms with Crippen LogP contribution in [0.2, 0.25) is 0 Å². The number of hydrogen-bond acceptors (Lipinski definition) is 0. The first kappa shape index (κ1) is 26.6. The van der Waals surface area contributed by atoms with Crippen LogP contribution in [0.1, 0.15) is 103 Å². The maximum atomic E-state index is 13.5. The first-order valence-electron chi connectivity index (χ1n) is 12.9. The van der Waals surface area contributed by atoms with Crippen LogP contribution < -0.4 is 0 Å². The van der Waals surface area contributed by atoms with Crippen LogP contribution in [0.3, 0.4) is 0 Å². The van der Waals surface area contributed by atoms with Crippen LogP contribution in [0.4, 0.5) is 4.39 Å². The summed E-state index contributed by atoms with van der Waals surface area (Å²) in [5.41, 5.74) is 7.54. The molecule has 0 heterocycles. The van der Waals surface area contributed by atoms with Crippen molar-refractivity contribution in [2.24, 2.45) is 17.8 Å². The van der Waals surface area contributed by atoms with Gasteiger partial charge in [0, 0.05) is 5.41 Å². The van der Waals surface area contributed by atoms with Crippen molar-refractivity contribution in [2.45, 2.75) is 106 Å². The molecule has 0 saturated carbocycles. The van der Waals surface area contributed by atoms with Gasteiger partial charge < -0.3 is 0 Å². The van der Waals surface area contributed by atoms with Gasteiger partial charge in [-0.25, -0.2) is 4.39 Å². The monoisotopic (exact) mass is 438 g/mol. The van der Waals surface area contributed by atoms with Crippen molar-refractivity contribution in [1.82, 2.24) is 0 Å². The molecule has 1 unspecified atom stereocenters. The van der Waals surface area contributed by atoms with Gasteiger partial charge in [0.1, 0.15) is 5.82 Å². The third-order valence-corrected chi connectivity index (χ3v) is 8.60. The largest absolute Gasteiger partial charge is 0.207 e. The molecule has 0 amide bonds. The van der Waals surface area contributed by atoms with Crippen molar-refractivity contribution in [3.63, 3.8) is 0 Å². The summed E-state index contributed by atoms with van der Waals surface area (Å²) in [5.74, 6) is 2.02. The van der Waals surface area contributed by atoms with Gasteiger partial charge in [0.2, 0.25) is 0 Å². The number of benzene rings is 2. The van der Waals surface area contributed by atoms with E-state index in [0.29, 0.717) is 11.3 Å². The van der Waals surface area contributed by atoms with Gasteiger partial charge in [-0.1, -0.05) is 92.6 Å². The smallest absolute Gasteiger partial charge is 0.126 e. The Morgan fingerprint density at radius 1 is 0.781 bits per heavy atom. The van der Waals surface area contributed by atoms with Crippen LogP contribution in [0.5, 0.6) is 0 Å². The second-order valence-electron chi connectivity index (χ2n) is 10.8. The van der Waals surface area contributed by atoms with E-state index in [1.54, 1.807) is 17.2 Å². The number of halogens is 1. The van der Waals surface area contributed by atoms with E-state index in [4.69, 9.17) is 0 Å². The lowest BCUT2D eigenvalue weighted by atomic mass is 9.64. The molecular formula is C31H47F. The molecule has 0 N–H and O–H groups in total. The molecule has 178 valence electrons. The average Bonchev–Trinajstić information content (AvgIpc) is 3.32. The van der Waals surface area contributed by atoms with Gasteiger partial charge in [-0.3, -0.25) is 0 Å². The first-order chi connectivity index (χ1) is 15.1. The number of fused-ring (bicyclic) bond motifs is 2. The Bertz CT molecular complexity index is 881. The van der Waals surface area contributed by atoms with Gasteiger partial charge in [-0.2, -0.15) is 0 Å². The molecule has 0 saturated heterocycles. The van der Waals surface area contributed by atoms with E-state index in [2.05, 4.69) is 79.7 Å². The summed E-state index contributed by atoms with van der Waals surface area (Å²) in [6, 6.07) is 12.3. The van der Waals surface area contributed by atoms with E-state index in [1.807, 2.05) is 19.9 Å². The zero-order chi connectivity index (χ0) is 24.3. The molecule has 0 radical (unpaired) electrons. The third-order valence-electron chi connectivity index (χ3n) is 8.60. The minimum atomic E-state index is -0.0214. The predicted octanol–water partition coefficient (Wildman–Crippen LogP) is 9.20. The fraction of sp³-hybridized carbons (Fsp3) is 0.613. The van der Waals surface area contributed by atoms with E-state index in [0.717, 1.165) is 30.2 Å². The molecule has 0 bridgehead atoms. The van der Waals surface area contributed by atoms with Crippen LogP contribution >= 0.6 is 0 Å². The maximum Gasteiger partial charge on any atom is 0.126 e. The van der Waals surface area contributed by atoms with E-state index in [-0.39, 0.29) is 11.2 Å². The SMILES string of the molecule is CC.CC(C)C1(C)CCc2c(F)cccc21.Cc1cccc2c1C(C(C)C)(C(C)C)CC2. The summed E-state index contributed by atoms with van der Waals surface area (Å²) in [6.45, 7) is 22.5. The van der Waals surface area contributed by atoms with Crippen molar-refractivity contribution in [3.8, 4) is 0 Å². The van der Waals surface area contributed by atoms with E-state index >= 15 is 0 Å². The summed E-state index contributed by atoms with van der Waals surface area (Å²) in [5, 5.41) is 0. The fourth-order valence-electron chi connectivity index (χ4n) is 6.36. The van der Waals surface area contributed by atoms with Crippen LogP contribution in [0.15, 0.2) is 36.4 Å². The summed E-state index contributed by atoms with van der Waals surface area (Å²) >= 11 is 0. The standard InChI is InChI=1S/C16H24.C13H17F.C2H6/c1-11(2)16(12(3)4)10-9-14-8-6-7-13(5)15(14)16;1-9(2)13(3)8-7-10-11(13)5-4-6-12(10)14;1-2/h6-8,11-12H,9-10H2,1-5H3;4-6,9H,7-8H2,1-3H3;1-2H3. The maximum absolute atomic E-state index is 13.5. The number of aryl methyl sites for hydroxylation is 2. The summed E-state index contributed by atoms with van der Waals surface area (Å²) in [4.78, 5) is 0. The van der Waals surface area contributed by atoms with E-state index in [9.17, 15) is 4.39 Å². The van der Waals surface area contributed by atoms with Crippen molar-refractivity contribution in [3.05, 3.63) is 70.0 Å². The lowest BCUT2D eigenvalue weighted by molar-refractivity contribution is 0.217. The quantitative estimate of drug-likeness (QED) is 0.448. The van der Waals surface area contributed by atoms with Crippen LogP contribution in [0.25, 0.3) is 0 Å². The highest BCUT2D eigenvalue weighted by molar-refractivity contribution is 5.45. The molecule has 1 atom stereocenters. The minimum Gasteiger partial charge on any atom is -0.207 e. The van der Waals surface area contributed by atoms with Crippen LogP contribution in [-0.2, 0) is 23.7 Å². The molecule has 4 rings (SSSR count). The Labute approximate surface area is 198 Å². The fourth-order valence-corrected chi connectivity index (χ4v) is 6.36. The van der Waals surface area contributed by atoms with Gasteiger partial charge in [0.15, 0.2) is 0 Å². The molecule has 0 aromatic heterocycles. The molecular weight excluding hydrogens is 391 g/mol. The summed E-state index contributed by atoms with van der Waals surface area (Å²) < 4.78 is 13.5. The lowest BCUT2D eigenvalue weighted by Gasteiger charge is -2.40. The van der Waals surface area contributed by atoms with E-state index in [1.165, 1.54) is 24.0 Å². The topological polar surface area (TPSA) is 0 Å². The molecule has 2 aliphatic rings. The van der Waals surface area contributed by atoms with Crippen LogP contribution in [-0.4, -0.2) is 0 Å². The predicted molar refractivity (Wildman–Crippen MR) is 139 cm³/mol. The molecule has 2 aromatic carbocycles. The number of hydrogen-bond donors (Lipinski definition) is 0. The van der Waals surface area contributed by atoms with Gasteiger partial charge in [0.05, 0.1) is 0 Å². The van der Waals surface area contributed by atoms with Gasteiger partial charge in [0.25, 0.3) is 0 Å². The Morgan fingerprint density at radius 3 is 1.94 bits per heavy atom. The van der Waals surface area contributed by atoms with Crippen molar-refractivity contribution in [2.75, 3.05) is 0 Å². The highest BCUT2D eigenvalue weighted by Crippen LogP contribution is 2.50. The minimum absolute atomic E-state index is 0.0214. The normalized spacial score (nSPS) is 20.4. The van der Waals surface area contributed by atoms with Gasteiger partial charge >= 0.3 is 0 Å². The van der Waals surface area contributed by atoms with E-state index < -0.39 is 0 Å². The lowest BCUT2D eigenvalue weighted by Crippen LogP contribution is -2.36. The average molecular weight is 439 g/mol. The Balaban J connectivity index is 0.000000212. The van der Waals surface area contributed by atoms with Crippen molar-refractivity contribution < 1.29 is 4.39 Å². The zero-order valence-electron chi connectivity index (χ0n) is 22.4. The zero-order valence-corrected chi connectivity index (χ0v) is 22.4. The molecule has 0 nitrogen and oxygen atoms in total. The molecule has 32 heavy (non-hydrogen) atoms. The Hall–Kier alpha value is -1.63. The first-order valence-corrected chi connectivity index (χ1v) is 12.9. The molecule has 0 aliphatic heterocycles. The highest BCUT2D eigenvalue weighted by Gasteiger charge is 2.44. The second-order valence-corrected chi connectivity index (χ2v) is 10.8. The van der Waals surface area contributed by atoms with Gasteiger partial charge in [-0.05, 0) is 89.7 Å². The van der Waals surface area contributed by atoms with Crippen LogP contribution in [0, 0.1) is 30.5 Å². The Kier molecular flexibility index (Phi) is 8.76. The second kappa shape index (κ2) is 10.5. The molecule has 1 heteroatoms. The third kappa shape index (κ3) is 4.55. The van der Waals surface area contributed by atoms with Crippen molar-refractivity contribution in [1.29, 1.82) is 0 Å².